The maximum Gasteiger partial charge on any atom is 0.161 e. The molecule has 2 aromatic carbocycles. The van der Waals surface area contributed by atoms with Gasteiger partial charge in [-0.1, -0.05) is 41.7 Å². The van der Waals surface area contributed by atoms with Gasteiger partial charge >= 0.3 is 0 Å². The molecule has 0 aliphatic heterocycles. The Labute approximate surface area is 165 Å². The van der Waals surface area contributed by atoms with Gasteiger partial charge in [-0.15, -0.1) is 0 Å². The number of benzene rings is 2. The normalized spacial score (nSPS) is 10.8. The molecule has 2 heterocycles. The molecule has 7 nitrogen and oxygen atoms in total. The number of hydrogen-bond acceptors (Lipinski definition) is 8. The van der Waals surface area contributed by atoms with E-state index < -0.39 is 0 Å². The number of anilines is 3. The first-order chi connectivity index (χ1) is 13.7. The van der Waals surface area contributed by atoms with E-state index in [2.05, 4.69) is 27.4 Å². The first-order valence-corrected chi connectivity index (χ1v) is 9.39. The molecule has 0 spiro atoms. The molecule has 0 amide bonds. The van der Waals surface area contributed by atoms with Crippen molar-refractivity contribution in [2.24, 2.45) is 0 Å². The van der Waals surface area contributed by atoms with Gasteiger partial charge in [-0.3, -0.25) is 0 Å². The molecule has 28 heavy (non-hydrogen) atoms. The minimum absolute atomic E-state index is 0.476. The Morgan fingerprint density at radius 2 is 2.04 bits per heavy atom. The Morgan fingerprint density at radius 1 is 1.21 bits per heavy atom. The molecule has 0 saturated heterocycles. The zero-order valence-corrected chi connectivity index (χ0v) is 16.0. The van der Waals surface area contributed by atoms with Crippen molar-refractivity contribution in [3.05, 3.63) is 64.9 Å². The van der Waals surface area contributed by atoms with E-state index in [1.165, 1.54) is 18.1 Å². The Morgan fingerprint density at radius 3 is 2.79 bits per heavy atom. The van der Waals surface area contributed by atoms with Gasteiger partial charge < -0.3 is 21.2 Å². The molecule has 4 N–H and O–H groups in total. The lowest BCUT2D eigenvalue weighted by Gasteiger charge is -2.13. The van der Waals surface area contributed by atoms with E-state index in [4.69, 9.17) is 20.9 Å². The van der Waals surface area contributed by atoms with Crippen LogP contribution in [0.3, 0.4) is 0 Å². The highest BCUT2D eigenvalue weighted by molar-refractivity contribution is 7.18. The van der Waals surface area contributed by atoms with Crippen LogP contribution in [0.25, 0.3) is 10.3 Å². The smallest absolute Gasteiger partial charge is 0.161 e. The predicted octanol–water partition coefficient (Wildman–Crippen LogP) is 4.01. The lowest BCUT2D eigenvalue weighted by Crippen LogP contribution is -2.01. The quantitative estimate of drug-likeness (QED) is 0.339. The van der Waals surface area contributed by atoms with Gasteiger partial charge in [0.1, 0.15) is 22.4 Å². The summed E-state index contributed by atoms with van der Waals surface area (Å²) in [5, 5.41) is 11.7. The number of fused-ring (bicyclic) bond motifs is 1. The summed E-state index contributed by atoms with van der Waals surface area (Å²) in [5.41, 5.74) is 9.57. The highest BCUT2D eigenvalue weighted by atomic mass is 32.1. The third-order valence-corrected chi connectivity index (χ3v) is 5.21. The van der Waals surface area contributed by atoms with Gasteiger partial charge in [0, 0.05) is 30.0 Å². The van der Waals surface area contributed by atoms with Crippen LogP contribution in [0, 0.1) is 5.41 Å². The number of hydrogen-bond donors (Lipinski definition) is 3. The van der Waals surface area contributed by atoms with E-state index in [0.29, 0.717) is 34.0 Å². The Bertz CT molecular complexity index is 1140. The van der Waals surface area contributed by atoms with Gasteiger partial charge in [-0.25, -0.2) is 15.0 Å². The zero-order valence-electron chi connectivity index (χ0n) is 15.1. The molecule has 0 bridgehead atoms. The van der Waals surface area contributed by atoms with Crippen LogP contribution in [0.5, 0.6) is 5.75 Å². The predicted molar refractivity (Wildman–Crippen MR) is 113 cm³/mol. The zero-order chi connectivity index (χ0) is 19.5. The molecule has 4 aromatic rings. The third kappa shape index (κ3) is 3.49. The minimum atomic E-state index is 0.476. The van der Waals surface area contributed by atoms with E-state index in [-0.39, 0.29) is 0 Å². The van der Waals surface area contributed by atoms with Gasteiger partial charge in [0.2, 0.25) is 0 Å². The van der Waals surface area contributed by atoms with Gasteiger partial charge in [0.15, 0.2) is 5.82 Å². The minimum Gasteiger partial charge on any atom is -0.494 e. The molecule has 8 heteroatoms. The van der Waals surface area contributed by atoms with Gasteiger partial charge in [0.05, 0.1) is 17.8 Å². The number of nitrogen functional groups attached to an aromatic ring is 1. The number of nitrogens with two attached hydrogens (primary N) is 1. The van der Waals surface area contributed by atoms with Crippen LogP contribution in [-0.2, 0) is 6.42 Å². The van der Waals surface area contributed by atoms with Crippen LogP contribution in [0.2, 0.25) is 0 Å². The van der Waals surface area contributed by atoms with Crippen molar-refractivity contribution in [1.29, 1.82) is 5.41 Å². The number of nitrogens with one attached hydrogen (secondary N) is 2. The van der Waals surface area contributed by atoms with Crippen molar-refractivity contribution in [3.63, 3.8) is 0 Å². The molecule has 0 atom stereocenters. The molecular formula is C20H18N6OS. The van der Waals surface area contributed by atoms with Crippen LogP contribution in [0.1, 0.15) is 16.1 Å². The molecule has 4 rings (SSSR count). The van der Waals surface area contributed by atoms with Crippen LogP contribution < -0.4 is 15.8 Å². The van der Waals surface area contributed by atoms with Crippen molar-refractivity contribution in [2.45, 2.75) is 6.42 Å². The monoisotopic (exact) mass is 390 g/mol. The van der Waals surface area contributed by atoms with Crippen LogP contribution in [0.15, 0.2) is 48.8 Å². The molecule has 0 radical (unpaired) electrons. The van der Waals surface area contributed by atoms with Gasteiger partial charge in [-0.05, 0) is 11.6 Å². The Hall–Kier alpha value is -3.52. The van der Waals surface area contributed by atoms with Crippen molar-refractivity contribution < 1.29 is 4.74 Å². The number of thiazole rings is 1. The highest BCUT2D eigenvalue weighted by Crippen LogP contribution is 2.34. The summed E-state index contributed by atoms with van der Waals surface area (Å²) < 4.78 is 5.42. The lowest BCUT2D eigenvalue weighted by atomic mass is 10.1. The summed E-state index contributed by atoms with van der Waals surface area (Å²) in [5.74, 6) is 1.15. The molecule has 0 unspecified atom stereocenters. The maximum atomic E-state index is 7.52. The fourth-order valence-electron chi connectivity index (χ4n) is 2.87. The summed E-state index contributed by atoms with van der Waals surface area (Å²) >= 11 is 1.55. The average molecular weight is 390 g/mol. The summed E-state index contributed by atoms with van der Waals surface area (Å²) in [6.07, 6.45) is 3.46. The largest absolute Gasteiger partial charge is 0.494 e. The number of rotatable bonds is 6. The van der Waals surface area contributed by atoms with Crippen molar-refractivity contribution >= 4 is 45.1 Å². The van der Waals surface area contributed by atoms with E-state index in [1.807, 2.05) is 18.2 Å². The molecular weight excluding hydrogens is 372 g/mol. The number of nitrogens with zero attached hydrogens (tertiary/aromatic N) is 3. The van der Waals surface area contributed by atoms with Crippen LogP contribution >= 0.6 is 11.3 Å². The topological polar surface area (TPSA) is 110 Å². The average Bonchev–Trinajstić information content (AvgIpc) is 3.13. The second-order valence-corrected chi connectivity index (χ2v) is 7.16. The molecule has 0 aliphatic carbocycles. The highest BCUT2D eigenvalue weighted by Gasteiger charge is 2.14. The third-order valence-electron chi connectivity index (χ3n) is 4.25. The van der Waals surface area contributed by atoms with Gasteiger partial charge in [-0.2, -0.15) is 0 Å². The molecule has 0 aliphatic rings. The number of ether oxygens (including phenoxy) is 1. The van der Waals surface area contributed by atoms with Crippen LogP contribution in [0.4, 0.5) is 17.2 Å². The van der Waals surface area contributed by atoms with Crippen LogP contribution in [-0.4, -0.2) is 28.3 Å². The van der Waals surface area contributed by atoms with Crippen molar-refractivity contribution in [2.75, 3.05) is 18.2 Å². The fourth-order valence-corrected chi connectivity index (χ4v) is 3.80. The van der Waals surface area contributed by atoms with E-state index in [0.717, 1.165) is 16.3 Å². The summed E-state index contributed by atoms with van der Waals surface area (Å²) in [6.45, 7) is 0. The van der Waals surface area contributed by atoms with Gasteiger partial charge in [0.25, 0.3) is 0 Å². The second-order valence-electron chi connectivity index (χ2n) is 6.10. The molecule has 0 saturated carbocycles. The van der Waals surface area contributed by atoms with E-state index >= 15 is 0 Å². The Kier molecular flexibility index (Phi) is 4.86. The molecule has 0 fully saturated rings. The maximum absolute atomic E-state index is 7.52. The second kappa shape index (κ2) is 7.61. The Balaban J connectivity index is 1.71. The summed E-state index contributed by atoms with van der Waals surface area (Å²) in [4.78, 5) is 14.3. The number of aromatic nitrogens is 3. The first-order valence-electron chi connectivity index (χ1n) is 8.57. The molecule has 2 aromatic heterocycles. The van der Waals surface area contributed by atoms with E-state index in [1.54, 1.807) is 30.6 Å². The van der Waals surface area contributed by atoms with Crippen molar-refractivity contribution in [3.8, 4) is 5.75 Å². The summed E-state index contributed by atoms with van der Waals surface area (Å²) in [6, 6.07) is 13.6. The van der Waals surface area contributed by atoms with E-state index in [9.17, 15) is 0 Å². The molecule has 140 valence electrons. The summed E-state index contributed by atoms with van der Waals surface area (Å²) in [7, 11) is 1.57. The number of methoxy groups -OCH3 is 1. The SMILES string of the molecule is COc1cc(N)c(C=N)cc1Nc1ncnc2sc(Cc3ccccc3)nc12. The standard InChI is InChI=1S/C20H18N6OS/c1-27-16-9-14(22)13(10-21)8-15(16)25-19-18-20(24-11-23-19)28-17(26-18)7-12-5-3-2-4-6-12/h2-6,8-11,21H,7,22H2,1H3,(H,23,24,25). The fraction of sp³-hybridized carbons (Fsp3) is 0.100. The lowest BCUT2D eigenvalue weighted by molar-refractivity contribution is 0.417. The van der Waals surface area contributed by atoms with Crippen molar-refractivity contribution in [1.82, 2.24) is 15.0 Å². The first kappa shape index (κ1) is 17.9.